The second-order valence-electron chi connectivity index (χ2n) is 6.75. The summed E-state index contributed by atoms with van der Waals surface area (Å²) in [7, 11) is 0. The van der Waals surface area contributed by atoms with Gasteiger partial charge in [0.25, 0.3) is 0 Å². The van der Waals surface area contributed by atoms with Gasteiger partial charge in [-0.2, -0.15) is 0 Å². The van der Waals surface area contributed by atoms with E-state index in [9.17, 15) is 0 Å². The van der Waals surface area contributed by atoms with E-state index in [4.69, 9.17) is 4.74 Å². The molecule has 0 saturated carbocycles. The summed E-state index contributed by atoms with van der Waals surface area (Å²) in [6, 6.07) is 0.773. The lowest BCUT2D eigenvalue weighted by Gasteiger charge is -2.39. The molecule has 2 rings (SSSR count). The summed E-state index contributed by atoms with van der Waals surface area (Å²) in [5.74, 6) is 1.63. The van der Waals surface area contributed by atoms with E-state index in [2.05, 4.69) is 24.1 Å². The Labute approximate surface area is 119 Å². The second kappa shape index (κ2) is 8.23. The Balaban J connectivity index is 1.74. The average molecular weight is 268 g/mol. The zero-order valence-corrected chi connectivity index (χ0v) is 12.9. The standard InChI is InChI=1S/C16H32N2O/c1-14(2)11-17-12-16-5-3-4-8-18(16)13-15-6-9-19-10-7-15/h14-17H,3-13H2,1-2H3. The van der Waals surface area contributed by atoms with E-state index in [-0.39, 0.29) is 0 Å². The Morgan fingerprint density at radius 1 is 1.16 bits per heavy atom. The molecular formula is C16H32N2O. The number of piperidine rings is 1. The van der Waals surface area contributed by atoms with Gasteiger partial charge in [0, 0.05) is 32.3 Å². The summed E-state index contributed by atoms with van der Waals surface area (Å²) in [6.07, 6.45) is 6.72. The normalized spacial score (nSPS) is 27.0. The van der Waals surface area contributed by atoms with Crippen LogP contribution in [0.3, 0.4) is 0 Å². The molecular weight excluding hydrogens is 236 g/mol. The molecule has 0 aliphatic carbocycles. The van der Waals surface area contributed by atoms with E-state index in [1.54, 1.807) is 0 Å². The second-order valence-corrected chi connectivity index (χ2v) is 6.75. The summed E-state index contributed by atoms with van der Waals surface area (Å²) in [6.45, 7) is 11.5. The lowest BCUT2D eigenvalue weighted by molar-refractivity contribution is 0.0384. The summed E-state index contributed by atoms with van der Waals surface area (Å²) < 4.78 is 5.48. The minimum absolute atomic E-state index is 0.757. The Hall–Kier alpha value is -0.120. The van der Waals surface area contributed by atoms with Crippen molar-refractivity contribution in [3.8, 4) is 0 Å². The van der Waals surface area contributed by atoms with Crippen molar-refractivity contribution in [1.82, 2.24) is 10.2 Å². The Morgan fingerprint density at radius 3 is 2.68 bits per heavy atom. The van der Waals surface area contributed by atoms with E-state index in [0.29, 0.717) is 0 Å². The van der Waals surface area contributed by atoms with Gasteiger partial charge in [-0.3, -0.25) is 4.90 Å². The summed E-state index contributed by atoms with van der Waals surface area (Å²) in [5, 5.41) is 3.66. The van der Waals surface area contributed by atoms with Gasteiger partial charge >= 0.3 is 0 Å². The number of likely N-dealkylation sites (tertiary alicyclic amines) is 1. The van der Waals surface area contributed by atoms with Crippen LogP contribution in [0.25, 0.3) is 0 Å². The van der Waals surface area contributed by atoms with Crippen LogP contribution in [0.15, 0.2) is 0 Å². The highest BCUT2D eigenvalue weighted by molar-refractivity contribution is 4.81. The molecule has 0 aromatic carbocycles. The van der Waals surface area contributed by atoms with Crippen molar-refractivity contribution in [2.75, 3.05) is 39.4 Å². The first kappa shape index (κ1) is 15.3. The zero-order chi connectivity index (χ0) is 13.5. The van der Waals surface area contributed by atoms with Crippen molar-refractivity contribution in [1.29, 1.82) is 0 Å². The van der Waals surface area contributed by atoms with Crippen molar-refractivity contribution in [3.05, 3.63) is 0 Å². The first-order chi connectivity index (χ1) is 9.25. The number of rotatable bonds is 6. The summed E-state index contributed by atoms with van der Waals surface area (Å²) in [4.78, 5) is 2.76. The number of hydrogen-bond acceptors (Lipinski definition) is 3. The van der Waals surface area contributed by atoms with Crippen molar-refractivity contribution in [3.63, 3.8) is 0 Å². The molecule has 0 amide bonds. The number of hydrogen-bond donors (Lipinski definition) is 1. The van der Waals surface area contributed by atoms with Crippen LogP contribution in [0.4, 0.5) is 0 Å². The predicted octanol–water partition coefficient (Wildman–Crippen LogP) is 2.51. The van der Waals surface area contributed by atoms with Crippen molar-refractivity contribution < 1.29 is 4.74 Å². The van der Waals surface area contributed by atoms with Crippen molar-refractivity contribution in [2.45, 2.75) is 52.0 Å². The number of nitrogens with one attached hydrogen (secondary N) is 1. The van der Waals surface area contributed by atoms with Gasteiger partial charge in [0.2, 0.25) is 0 Å². The van der Waals surface area contributed by atoms with Gasteiger partial charge in [-0.25, -0.2) is 0 Å². The number of ether oxygens (including phenoxy) is 1. The first-order valence-corrected chi connectivity index (χ1v) is 8.28. The van der Waals surface area contributed by atoms with Gasteiger partial charge in [-0.15, -0.1) is 0 Å². The molecule has 0 aromatic heterocycles. The Bertz CT molecular complexity index is 239. The van der Waals surface area contributed by atoms with Crippen LogP contribution in [-0.4, -0.2) is 50.3 Å². The average Bonchev–Trinajstić information content (AvgIpc) is 2.41. The molecule has 0 bridgehead atoms. The molecule has 1 N–H and O–H groups in total. The van der Waals surface area contributed by atoms with Crippen molar-refractivity contribution in [2.24, 2.45) is 11.8 Å². The molecule has 1 atom stereocenters. The molecule has 3 nitrogen and oxygen atoms in total. The third kappa shape index (κ3) is 5.41. The molecule has 112 valence electrons. The molecule has 19 heavy (non-hydrogen) atoms. The fraction of sp³-hybridized carbons (Fsp3) is 1.00. The SMILES string of the molecule is CC(C)CNCC1CCCCN1CC1CCOCC1. The van der Waals surface area contributed by atoms with Gasteiger partial charge in [0.05, 0.1) is 0 Å². The molecule has 0 radical (unpaired) electrons. The zero-order valence-electron chi connectivity index (χ0n) is 12.9. The minimum Gasteiger partial charge on any atom is -0.381 e. The molecule has 2 heterocycles. The molecule has 2 fully saturated rings. The van der Waals surface area contributed by atoms with E-state index in [1.165, 1.54) is 51.7 Å². The molecule has 1 unspecified atom stereocenters. The molecule has 0 aromatic rings. The van der Waals surface area contributed by atoms with Gasteiger partial charge in [-0.1, -0.05) is 20.3 Å². The maximum atomic E-state index is 5.48. The smallest absolute Gasteiger partial charge is 0.0469 e. The fourth-order valence-electron chi connectivity index (χ4n) is 3.33. The minimum atomic E-state index is 0.757. The molecule has 3 heteroatoms. The highest BCUT2D eigenvalue weighted by Gasteiger charge is 2.25. The maximum Gasteiger partial charge on any atom is 0.0469 e. The monoisotopic (exact) mass is 268 g/mol. The Kier molecular flexibility index (Phi) is 6.62. The van der Waals surface area contributed by atoms with E-state index in [0.717, 1.165) is 37.6 Å². The van der Waals surface area contributed by atoms with Crippen molar-refractivity contribution >= 4 is 0 Å². The number of nitrogens with zero attached hydrogens (tertiary/aromatic N) is 1. The quantitative estimate of drug-likeness (QED) is 0.801. The van der Waals surface area contributed by atoms with Gasteiger partial charge < -0.3 is 10.1 Å². The predicted molar refractivity (Wildman–Crippen MR) is 80.5 cm³/mol. The third-order valence-electron chi connectivity index (χ3n) is 4.52. The highest BCUT2D eigenvalue weighted by atomic mass is 16.5. The van der Waals surface area contributed by atoms with Crippen LogP contribution >= 0.6 is 0 Å². The van der Waals surface area contributed by atoms with E-state index < -0.39 is 0 Å². The summed E-state index contributed by atoms with van der Waals surface area (Å²) >= 11 is 0. The van der Waals surface area contributed by atoms with Crippen LogP contribution in [-0.2, 0) is 4.74 Å². The molecule has 0 spiro atoms. The van der Waals surface area contributed by atoms with Crippen LogP contribution in [0.2, 0.25) is 0 Å². The van der Waals surface area contributed by atoms with Gasteiger partial charge in [0.1, 0.15) is 0 Å². The third-order valence-corrected chi connectivity index (χ3v) is 4.52. The highest BCUT2D eigenvalue weighted by Crippen LogP contribution is 2.22. The van der Waals surface area contributed by atoms with Gasteiger partial charge in [-0.05, 0) is 50.6 Å². The summed E-state index contributed by atoms with van der Waals surface area (Å²) in [5.41, 5.74) is 0. The van der Waals surface area contributed by atoms with E-state index in [1.807, 2.05) is 0 Å². The lowest BCUT2D eigenvalue weighted by atomic mass is 9.95. The van der Waals surface area contributed by atoms with Crippen LogP contribution < -0.4 is 5.32 Å². The van der Waals surface area contributed by atoms with Crippen LogP contribution in [0, 0.1) is 11.8 Å². The lowest BCUT2D eigenvalue weighted by Crippen LogP contribution is -2.48. The maximum absolute atomic E-state index is 5.48. The molecule has 2 aliphatic heterocycles. The fourth-order valence-corrected chi connectivity index (χ4v) is 3.33. The van der Waals surface area contributed by atoms with Crippen LogP contribution in [0.1, 0.15) is 46.0 Å². The topological polar surface area (TPSA) is 24.5 Å². The largest absolute Gasteiger partial charge is 0.381 e. The van der Waals surface area contributed by atoms with Crippen LogP contribution in [0.5, 0.6) is 0 Å². The van der Waals surface area contributed by atoms with E-state index >= 15 is 0 Å². The Morgan fingerprint density at radius 2 is 1.95 bits per heavy atom. The first-order valence-electron chi connectivity index (χ1n) is 8.28. The molecule has 2 saturated heterocycles. The molecule has 2 aliphatic rings. The van der Waals surface area contributed by atoms with Gasteiger partial charge in [0.15, 0.2) is 0 Å².